The minimum Gasteiger partial charge on any atom is -0.508 e. The number of phenolic OH excluding ortho intramolecular Hbond substituents is 1. The Bertz CT molecular complexity index is 438. The molecule has 1 aliphatic rings. The molecule has 3 heteroatoms. The van der Waals surface area contributed by atoms with Crippen LogP contribution in [0, 0.1) is 5.92 Å². The summed E-state index contributed by atoms with van der Waals surface area (Å²) in [5, 5.41) is 13.6. The predicted molar refractivity (Wildman–Crippen MR) is 83.7 cm³/mol. The third-order valence-electron chi connectivity index (χ3n) is 4.80. The van der Waals surface area contributed by atoms with Crippen LogP contribution in [0.15, 0.2) is 24.3 Å². The molecule has 1 aliphatic carbocycles. The Morgan fingerprint density at radius 2 is 1.85 bits per heavy atom. The third kappa shape index (κ3) is 3.33. The lowest BCUT2D eigenvalue weighted by Crippen LogP contribution is -2.55. The molecule has 1 aromatic carbocycles. The maximum absolute atomic E-state index is 9.75. The summed E-state index contributed by atoms with van der Waals surface area (Å²) >= 11 is 0. The number of rotatable bonds is 4. The van der Waals surface area contributed by atoms with Crippen molar-refractivity contribution in [3.63, 3.8) is 0 Å². The Hall–Kier alpha value is -1.06. The van der Waals surface area contributed by atoms with Crippen molar-refractivity contribution in [2.45, 2.75) is 51.2 Å². The van der Waals surface area contributed by atoms with E-state index >= 15 is 0 Å². The first-order valence-electron chi connectivity index (χ1n) is 7.66. The van der Waals surface area contributed by atoms with Crippen LogP contribution in [-0.4, -0.2) is 30.1 Å². The SMILES string of the molecule is CC1CCC(NC(C)(c2cccc(O)c2)N(C)C)CC1. The molecule has 0 amide bonds. The van der Waals surface area contributed by atoms with Crippen molar-refractivity contribution in [2.24, 2.45) is 5.92 Å². The van der Waals surface area contributed by atoms with E-state index in [-0.39, 0.29) is 5.66 Å². The fraction of sp³-hybridized carbons (Fsp3) is 0.647. The zero-order valence-corrected chi connectivity index (χ0v) is 13.2. The van der Waals surface area contributed by atoms with E-state index in [9.17, 15) is 5.11 Å². The number of nitrogens with one attached hydrogen (secondary N) is 1. The molecule has 0 radical (unpaired) electrons. The minimum atomic E-state index is -0.246. The van der Waals surface area contributed by atoms with E-state index in [2.05, 4.69) is 44.2 Å². The number of nitrogens with zero attached hydrogens (tertiary/aromatic N) is 1. The number of benzene rings is 1. The maximum Gasteiger partial charge on any atom is 0.115 e. The van der Waals surface area contributed by atoms with Gasteiger partial charge in [0.25, 0.3) is 0 Å². The van der Waals surface area contributed by atoms with Crippen molar-refractivity contribution in [1.82, 2.24) is 10.2 Å². The van der Waals surface area contributed by atoms with E-state index < -0.39 is 0 Å². The van der Waals surface area contributed by atoms with Crippen LogP contribution in [0.3, 0.4) is 0 Å². The summed E-state index contributed by atoms with van der Waals surface area (Å²) in [4.78, 5) is 2.19. The van der Waals surface area contributed by atoms with Gasteiger partial charge in [0.2, 0.25) is 0 Å². The van der Waals surface area contributed by atoms with E-state index in [1.165, 1.54) is 25.7 Å². The molecule has 0 spiro atoms. The summed E-state index contributed by atoms with van der Waals surface area (Å²) in [6.07, 6.45) is 5.09. The van der Waals surface area contributed by atoms with Crippen molar-refractivity contribution in [3.05, 3.63) is 29.8 Å². The van der Waals surface area contributed by atoms with E-state index in [1.807, 2.05) is 12.1 Å². The quantitative estimate of drug-likeness (QED) is 0.828. The van der Waals surface area contributed by atoms with Crippen LogP contribution in [0.1, 0.15) is 45.1 Å². The normalized spacial score (nSPS) is 26.4. The highest BCUT2D eigenvalue weighted by atomic mass is 16.3. The highest BCUT2D eigenvalue weighted by molar-refractivity contribution is 5.31. The van der Waals surface area contributed by atoms with Gasteiger partial charge in [0.15, 0.2) is 0 Å². The van der Waals surface area contributed by atoms with Crippen LogP contribution in [-0.2, 0) is 5.66 Å². The summed E-state index contributed by atoms with van der Waals surface area (Å²) in [6, 6.07) is 8.14. The van der Waals surface area contributed by atoms with E-state index in [0.29, 0.717) is 11.8 Å². The minimum absolute atomic E-state index is 0.246. The number of hydrogen-bond acceptors (Lipinski definition) is 3. The fourth-order valence-corrected chi connectivity index (χ4v) is 3.08. The van der Waals surface area contributed by atoms with Crippen molar-refractivity contribution in [1.29, 1.82) is 0 Å². The van der Waals surface area contributed by atoms with Crippen LogP contribution >= 0.6 is 0 Å². The first kappa shape index (κ1) is 15.3. The first-order valence-corrected chi connectivity index (χ1v) is 7.66. The predicted octanol–water partition coefficient (Wildman–Crippen LogP) is 3.29. The summed E-state index contributed by atoms with van der Waals surface area (Å²) in [6.45, 7) is 4.54. The Balaban J connectivity index is 2.17. The fourth-order valence-electron chi connectivity index (χ4n) is 3.08. The third-order valence-corrected chi connectivity index (χ3v) is 4.80. The average molecular weight is 276 g/mol. The molecule has 1 unspecified atom stereocenters. The molecular weight excluding hydrogens is 248 g/mol. The topological polar surface area (TPSA) is 35.5 Å². The lowest BCUT2D eigenvalue weighted by atomic mass is 9.86. The van der Waals surface area contributed by atoms with E-state index in [1.54, 1.807) is 6.07 Å². The van der Waals surface area contributed by atoms with Crippen LogP contribution in [0.5, 0.6) is 5.75 Å². The molecule has 0 aromatic heterocycles. The Morgan fingerprint density at radius 3 is 2.40 bits per heavy atom. The van der Waals surface area contributed by atoms with Gasteiger partial charge in [0.05, 0.1) is 5.66 Å². The van der Waals surface area contributed by atoms with Crippen molar-refractivity contribution in [2.75, 3.05) is 14.1 Å². The highest BCUT2D eigenvalue weighted by Crippen LogP contribution is 2.30. The molecule has 1 atom stereocenters. The zero-order chi connectivity index (χ0) is 14.8. The molecule has 20 heavy (non-hydrogen) atoms. The zero-order valence-electron chi connectivity index (χ0n) is 13.2. The van der Waals surface area contributed by atoms with Gasteiger partial charge >= 0.3 is 0 Å². The molecule has 0 heterocycles. The first-order chi connectivity index (χ1) is 9.41. The molecule has 1 aromatic rings. The van der Waals surface area contributed by atoms with Crippen LogP contribution in [0.25, 0.3) is 0 Å². The molecule has 2 N–H and O–H groups in total. The second-order valence-electron chi connectivity index (χ2n) is 6.62. The largest absolute Gasteiger partial charge is 0.508 e. The average Bonchev–Trinajstić information content (AvgIpc) is 2.41. The smallest absolute Gasteiger partial charge is 0.115 e. The maximum atomic E-state index is 9.75. The summed E-state index contributed by atoms with van der Waals surface area (Å²) < 4.78 is 0. The molecule has 2 rings (SSSR count). The van der Waals surface area contributed by atoms with Crippen LogP contribution in [0.4, 0.5) is 0 Å². The standard InChI is InChI=1S/C17H28N2O/c1-13-8-10-15(11-9-13)18-17(2,19(3)4)14-6-5-7-16(20)12-14/h5-7,12-13,15,18,20H,8-11H2,1-4H3. The van der Waals surface area contributed by atoms with Gasteiger partial charge in [-0.2, -0.15) is 0 Å². The summed E-state index contributed by atoms with van der Waals surface area (Å²) in [5.74, 6) is 1.19. The molecule has 0 bridgehead atoms. The van der Waals surface area contributed by atoms with Crippen LogP contribution < -0.4 is 5.32 Å². The molecule has 0 aliphatic heterocycles. The van der Waals surface area contributed by atoms with Gasteiger partial charge in [-0.05, 0) is 70.3 Å². The molecule has 112 valence electrons. The Morgan fingerprint density at radius 1 is 1.20 bits per heavy atom. The number of hydrogen-bond donors (Lipinski definition) is 2. The summed E-state index contributed by atoms with van der Waals surface area (Å²) in [7, 11) is 4.17. The Kier molecular flexibility index (Phi) is 4.71. The van der Waals surface area contributed by atoms with Gasteiger partial charge in [-0.15, -0.1) is 0 Å². The molecule has 3 nitrogen and oxygen atoms in total. The van der Waals surface area contributed by atoms with Gasteiger partial charge in [-0.3, -0.25) is 10.2 Å². The van der Waals surface area contributed by atoms with Gasteiger partial charge in [-0.25, -0.2) is 0 Å². The van der Waals surface area contributed by atoms with E-state index in [4.69, 9.17) is 0 Å². The molecule has 1 fully saturated rings. The highest BCUT2D eigenvalue weighted by Gasteiger charge is 2.32. The van der Waals surface area contributed by atoms with Gasteiger partial charge in [0.1, 0.15) is 5.75 Å². The lowest BCUT2D eigenvalue weighted by Gasteiger charge is -2.42. The van der Waals surface area contributed by atoms with Crippen molar-refractivity contribution >= 4 is 0 Å². The van der Waals surface area contributed by atoms with Crippen molar-refractivity contribution < 1.29 is 5.11 Å². The van der Waals surface area contributed by atoms with Gasteiger partial charge in [-0.1, -0.05) is 19.1 Å². The molecule has 1 saturated carbocycles. The molecule has 0 saturated heterocycles. The van der Waals surface area contributed by atoms with Crippen LogP contribution in [0.2, 0.25) is 0 Å². The van der Waals surface area contributed by atoms with Gasteiger partial charge in [0, 0.05) is 6.04 Å². The second kappa shape index (κ2) is 6.15. The second-order valence-corrected chi connectivity index (χ2v) is 6.62. The van der Waals surface area contributed by atoms with Crippen molar-refractivity contribution in [3.8, 4) is 5.75 Å². The van der Waals surface area contributed by atoms with E-state index in [0.717, 1.165) is 11.5 Å². The number of aromatic hydroxyl groups is 1. The van der Waals surface area contributed by atoms with Gasteiger partial charge < -0.3 is 5.11 Å². The molecular formula is C17H28N2O. The lowest BCUT2D eigenvalue weighted by molar-refractivity contribution is 0.0958. The summed E-state index contributed by atoms with van der Waals surface area (Å²) in [5.41, 5.74) is 0.866. The number of phenols is 1. The Labute approximate surface area is 123 Å². The monoisotopic (exact) mass is 276 g/mol.